The molecule has 3 rings (SSSR count). The number of amides is 1. The highest BCUT2D eigenvalue weighted by Gasteiger charge is 2.04. The van der Waals surface area contributed by atoms with Crippen molar-refractivity contribution in [2.45, 2.75) is 13.3 Å². The van der Waals surface area contributed by atoms with Crippen molar-refractivity contribution in [1.82, 2.24) is 0 Å². The van der Waals surface area contributed by atoms with Gasteiger partial charge in [-0.25, -0.2) is 0 Å². The molecule has 0 saturated carbocycles. The summed E-state index contributed by atoms with van der Waals surface area (Å²) >= 11 is 0. The first-order valence-corrected chi connectivity index (χ1v) is 9.06. The van der Waals surface area contributed by atoms with E-state index in [1.165, 1.54) is 11.1 Å². The van der Waals surface area contributed by atoms with Gasteiger partial charge in [0.1, 0.15) is 5.75 Å². The molecule has 0 bridgehead atoms. The lowest BCUT2D eigenvalue weighted by atomic mass is 10.2. The highest BCUT2D eigenvalue weighted by Crippen LogP contribution is 2.18. The molecule has 0 fully saturated rings. The fourth-order valence-electron chi connectivity index (χ4n) is 2.65. The Balaban J connectivity index is 1.46. The third kappa shape index (κ3) is 6.19. The van der Waals surface area contributed by atoms with Crippen LogP contribution in [0.3, 0.4) is 0 Å². The van der Waals surface area contributed by atoms with Crippen molar-refractivity contribution in [2.75, 3.05) is 23.8 Å². The first-order valence-electron chi connectivity index (χ1n) is 9.06. The van der Waals surface area contributed by atoms with Crippen LogP contribution in [0.15, 0.2) is 78.9 Å². The van der Waals surface area contributed by atoms with E-state index in [4.69, 9.17) is 4.74 Å². The Labute approximate surface area is 160 Å². The molecular weight excluding hydrogens is 336 g/mol. The first-order chi connectivity index (χ1) is 13.2. The first kappa shape index (κ1) is 18.5. The molecule has 0 atom stereocenters. The molecule has 2 N–H and O–H groups in total. The second kappa shape index (κ2) is 9.43. The van der Waals surface area contributed by atoms with Crippen LogP contribution < -0.4 is 15.4 Å². The van der Waals surface area contributed by atoms with Crippen molar-refractivity contribution in [3.05, 3.63) is 90.0 Å². The van der Waals surface area contributed by atoms with Crippen molar-refractivity contribution in [3.8, 4) is 5.75 Å². The molecule has 0 spiro atoms. The second-order valence-electron chi connectivity index (χ2n) is 6.38. The van der Waals surface area contributed by atoms with Crippen molar-refractivity contribution >= 4 is 17.3 Å². The van der Waals surface area contributed by atoms with Gasteiger partial charge >= 0.3 is 0 Å². The van der Waals surface area contributed by atoms with Gasteiger partial charge < -0.3 is 15.4 Å². The molecule has 4 heteroatoms. The molecular formula is C23H24N2O2. The molecule has 0 heterocycles. The van der Waals surface area contributed by atoms with Gasteiger partial charge in [0.2, 0.25) is 5.91 Å². The number of nitrogens with one attached hydrogen (secondary N) is 2. The zero-order valence-electron chi connectivity index (χ0n) is 15.4. The van der Waals surface area contributed by atoms with Gasteiger partial charge in [-0.15, -0.1) is 0 Å². The molecule has 0 aliphatic carbocycles. The van der Waals surface area contributed by atoms with Crippen molar-refractivity contribution < 1.29 is 9.53 Å². The number of rotatable bonds is 8. The lowest BCUT2D eigenvalue weighted by Gasteiger charge is -2.10. The number of hydrogen-bond acceptors (Lipinski definition) is 3. The number of aryl methyl sites for hydroxylation is 1. The van der Waals surface area contributed by atoms with E-state index in [0.717, 1.165) is 23.5 Å². The van der Waals surface area contributed by atoms with Gasteiger partial charge in [-0.3, -0.25) is 4.79 Å². The van der Waals surface area contributed by atoms with E-state index < -0.39 is 0 Å². The van der Waals surface area contributed by atoms with Crippen LogP contribution in [-0.2, 0) is 11.2 Å². The van der Waals surface area contributed by atoms with Gasteiger partial charge in [0.15, 0.2) is 0 Å². The standard InChI is InChI=1S/C23H24N2O2/c1-18-10-12-20(13-11-18)24-17-23(26)25-21-8-5-9-22(16-21)27-15-14-19-6-3-2-4-7-19/h2-13,16,24H,14-15,17H2,1H3,(H,25,26). The summed E-state index contributed by atoms with van der Waals surface area (Å²) in [5.41, 5.74) is 4.08. The number of hydrogen-bond donors (Lipinski definition) is 2. The summed E-state index contributed by atoms with van der Waals surface area (Å²) < 4.78 is 5.81. The summed E-state index contributed by atoms with van der Waals surface area (Å²) in [5.74, 6) is 0.646. The second-order valence-corrected chi connectivity index (χ2v) is 6.38. The van der Waals surface area contributed by atoms with Crippen LogP contribution in [0.25, 0.3) is 0 Å². The van der Waals surface area contributed by atoms with Gasteiger partial charge in [0.25, 0.3) is 0 Å². The predicted octanol–water partition coefficient (Wildman–Crippen LogP) is 4.67. The molecule has 0 saturated heterocycles. The summed E-state index contributed by atoms with van der Waals surface area (Å²) in [4.78, 5) is 12.1. The molecule has 0 aliphatic rings. The van der Waals surface area contributed by atoms with E-state index in [1.54, 1.807) is 0 Å². The minimum absolute atomic E-state index is 0.1000. The van der Waals surface area contributed by atoms with Gasteiger partial charge in [0, 0.05) is 23.9 Å². The summed E-state index contributed by atoms with van der Waals surface area (Å²) in [6.45, 7) is 2.84. The number of carbonyl (C=O) groups is 1. The Morgan fingerprint density at radius 2 is 1.67 bits per heavy atom. The minimum atomic E-state index is -0.1000. The van der Waals surface area contributed by atoms with Crippen LogP contribution in [0, 0.1) is 6.92 Å². The van der Waals surface area contributed by atoms with Gasteiger partial charge in [-0.2, -0.15) is 0 Å². The number of benzene rings is 3. The Hall–Kier alpha value is -3.27. The fraction of sp³-hybridized carbons (Fsp3) is 0.174. The van der Waals surface area contributed by atoms with Gasteiger partial charge in [-0.05, 0) is 36.8 Å². The number of carbonyl (C=O) groups excluding carboxylic acids is 1. The largest absolute Gasteiger partial charge is 0.493 e. The monoisotopic (exact) mass is 360 g/mol. The zero-order valence-corrected chi connectivity index (χ0v) is 15.4. The number of ether oxygens (including phenoxy) is 1. The smallest absolute Gasteiger partial charge is 0.243 e. The maximum absolute atomic E-state index is 12.1. The van der Waals surface area contributed by atoms with Crippen LogP contribution >= 0.6 is 0 Å². The molecule has 3 aromatic rings. The maximum Gasteiger partial charge on any atom is 0.243 e. The third-order valence-corrected chi connectivity index (χ3v) is 4.12. The molecule has 0 aliphatic heterocycles. The Morgan fingerprint density at radius 3 is 2.44 bits per heavy atom. The predicted molar refractivity (Wildman–Crippen MR) is 110 cm³/mol. The van der Waals surface area contributed by atoms with E-state index in [-0.39, 0.29) is 12.5 Å². The quantitative estimate of drug-likeness (QED) is 0.614. The highest BCUT2D eigenvalue weighted by atomic mass is 16.5. The maximum atomic E-state index is 12.1. The summed E-state index contributed by atoms with van der Waals surface area (Å²) in [5, 5.41) is 6.01. The molecule has 3 aromatic carbocycles. The van der Waals surface area contributed by atoms with Crippen LogP contribution in [0.4, 0.5) is 11.4 Å². The number of anilines is 2. The fourth-order valence-corrected chi connectivity index (χ4v) is 2.65. The highest BCUT2D eigenvalue weighted by molar-refractivity contribution is 5.93. The van der Waals surface area contributed by atoms with Crippen molar-refractivity contribution in [3.63, 3.8) is 0 Å². The third-order valence-electron chi connectivity index (χ3n) is 4.12. The molecule has 0 unspecified atom stereocenters. The van der Waals surface area contributed by atoms with E-state index in [9.17, 15) is 4.79 Å². The summed E-state index contributed by atoms with van der Waals surface area (Å²) in [6, 6.07) is 25.6. The van der Waals surface area contributed by atoms with Crippen molar-refractivity contribution in [1.29, 1.82) is 0 Å². The van der Waals surface area contributed by atoms with Gasteiger partial charge in [-0.1, -0.05) is 54.1 Å². The Morgan fingerprint density at radius 1 is 0.889 bits per heavy atom. The van der Waals surface area contributed by atoms with E-state index in [0.29, 0.717) is 6.61 Å². The summed E-state index contributed by atoms with van der Waals surface area (Å²) in [6.07, 6.45) is 0.845. The summed E-state index contributed by atoms with van der Waals surface area (Å²) in [7, 11) is 0. The van der Waals surface area contributed by atoms with Crippen LogP contribution in [-0.4, -0.2) is 19.1 Å². The van der Waals surface area contributed by atoms with E-state index >= 15 is 0 Å². The van der Waals surface area contributed by atoms with Crippen LogP contribution in [0.2, 0.25) is 0 Å². The van der Waals surface area contributed by atoms with Crippen LogP contribution in [0.5, 0.6) is 5.75 Å². The van der Waals surface area contributed by atoms with Crippen LogP contribution in [0.1, 0.15) is 11.1 Å². The van der Waals surface area contributed by atoms with E-state index in [2.05, 4.69) is 22.8 Å². The van der Waals surface area contributed by atoms with Crippen molar-refractivity contribution in [2.24, 2.45) is 0 Å². The van der Waals surface area contributed by atoms with E-state index in [1.807, 2.05) is 73.7 Å². The van der Waals surface area contributed by atoms with Gasteiger partial charge in [0.05, 0.1) is 13.2 Å². The topological polar surface area (TPSA) is 50.4 Å². The Kier molecular flexibility index (Phi) is 6.47. The SMILES string of the molecule is Cc1ccc(NCC(=O)Nc2cccc(OCCc3ccccc3)c2)cc1. The lowest BCUT2D eigenvalue weighted by Crippen LogP contribution is -2.21. The molecule has 138 valence electrons. The molecule has 0 radical (unpaired) electrons. The molecule has 0 aromatic heterocycles. The lowest BCUT2D eigenvalue weighted by molar-refractivity contribution is -0.114. The normalized spacial score (nSPS) is 10.3. The Bertz CT molecular complexity index is 861. The minimum Gasteiger partial charge on any atom is -0.493 e. The average molecular weight is 360 g/mol. The zero-order chi connectivity index (χ0) is 18.9. The molecule has 1 amide bonds. The molecule has 4 nitrogen and oxygen atoms in total. The average Bonchev–Trinajstić information content (AvgIpc) is 2.69. The molecule has 27 heavy (non-hydrogen) atoms.